The molecule has 2 aromatic rings. The maximum atomic E-state index is 12.0. The second-order valence-electron chi connectivity index (χ2n) is 4.18. The first-order chi connectivity index (χ1) is 8.97. The molecule has 100 valence electrons. The molecule has 0 saturated heterocycles. The minimum Gasteiger partial charge on any atom is -0.323 e. The molecule has 0 radical (unpaired) electrons. The number of nitrogens with zero attached hydrogens (tertiary/aromatic N) is 3. The first-order valence-electron chi connectivity index (χ1n) is 5.65. The highest BCUT2D eigenvalue weighted by molar-refractivity contribution is 9.10. The van der Waals surface area contributed by atoms with Crippen molar-refractivity contribution in [2.45, 2.75) is 13.0 Å². The molecule has 2 rings (SSSR count). The molecule has 0 fully saturated rings. The van der Waals surface area contributed by atoms with Crippen LogP contribution in [0.3, 0.4) is 0 Å². The molecule has 19 heavy (non-hydrogen) atoms. The predicted octanol–water partition coefficient (Wildman–Crippen LogP) is 1.52. The smallest absolute Gasteiger partial charge is 0.246 e. The number of rotatable bonds is 3. The summed E-state index contributed by atoms with van der Waals surface area (Å²) >= 11 is 3.27. The van der Waals surface area contributed by atoms with Gasteiger partial charge in [-0.15, -0.1) is 0 Å². The number of anilines is 1. The Morgan fingerprint density at radius 2 is 2.26 bits per heavy atom. The lowest BCUT2D eigenvalue weighted by molar-refractivity contribution is -0.117. The van der Waals surface area contributed by atoms with E-state index in [-0.39, 0.29) is 5.91 Å². The summed E-state index contributed by atoms with van der Waals surface area (Å²) in [6.07, 6.45) is 3.30. The summed E-state index contributed by atoms with van der Waals surface area (Å²) < 4.78 is 2.33. The van der Waals surface area contributed by atoms with Gasteiger partial charge in [0.15, 0.2) is 0 Å². The number of carbonyl (C=O) groups is 1. The standard InChI is InChI=1S/C12H14BrN5O/c1-7-9(3-4-10(13)16-7)17-12(19)11(14)8-5-15-18(2)6-8/h3-6,11H,14H2,1-2H3,(H,17,19). The maximum Gasteiger partial charge on any atom is 0.246 e. The molecule has 2 aromatic heterocycles. The number of aromatic nitrogens is 3. The summed E-state index contributed by atoms with van der Waals surface area (Å²) in [5, 5.41) is 6.76. The van der Waals surface area contributed by atoms with E-state index in [9.17, 15) is 4.79 Å². The number of nitrogens with two attached hydrogens (primary N) is 1. The molecule has 0 bridgehead atoms. The van der Waals surface area contributed by atoms with E-state index in [2.05, 4.69) is 31.3 Å². The molecule has 0 aromatic carbocycles. The van der Waals surface area contributed by atoms with Crippen molar-refractivity contribution in [3.8, 4) is 0 Å². The van der Waals surface area contributed by atoms with E-state index in [1.54, 1.807) is 36.3 Å². The van der Waals surface area contributed by atoms with Crippen molar-refractivity contribution >= 4 is 27.5 Å². The van der Waals surface area contributed by atoms with Gasteiger partial charge < -0.3 is 11.1 Å². The van der Waals surface area contributed by atoms with Crippen LogP contribution in [0.4, 0.5) is 5.69 Å². The topological polar surface area (TPSA) is 85.8 Å². The lowest BCUT2D eigenvalue weighted by atomic mass is 10.1. The van der Waals surface area contributed by atoms with Crippen molar-refractivity contribution in [2.24, 2.45) is 12.8 Å². The molecule has 1 unspecified atom stereocenters. The highest BCUT2D eigenvalue weighted by atomic mass is 79.9. The lowest BCUT2D eigenvalue weighted by Crippen LogP contribution is -2.27. The number of halogens is 1. The zero-order chi connectivity index (χ0) is 14.0. The van der Waals surface area contributed by atoms with Crippen molar-refractivity contribution in [1.29, 1.82) is 0 Å². The largest absolute Gasteiger partial charge is 0.323 e. The first kappa shape index (κ1) is 13.7. The molecule has 6 nitrogen and oxygen atoms in total. The second kappa shape index (κ2) is 5.50. The van der Waals surface area contributed by atoms with E-state index < -0.39 is 6.04 Å². The normalized spacial score (nSPS) is 12.2. The maximum absolute atomic E-state index is 12.0. The van der Waals surface area contributed by atoms with Gasteiger partial charge in [-0.2, -0.15) is 5.10 Å². The van der Waals surface area contributed by atoms with Crippen molar-refractivity contribution in [3.63, 3.8) is 0 Å². The van der Waals surface area contributed by atoms with Crippen LogP contribution in [0.1, 0.15) is 17.3 Å². The van der Waals surface area contributed by atoms with Gasteiger partial charge in [-0.3, -0.25) is 9.48 Å². The summed E-state index contributed by atoms with van der Waals surface area (Å²) in [7, 11) is 1.77. The summed E-state index contributed by atoms with van der Waals surface area (Å²) in [5.74, 6) is -0.291. The Morgan fingerprint density at radius 3 is 2.84 bits per heavy atom. The van der Waals surface area contributed by atoms with Gasteiger partial charge in [0.25, 0.3) is 0 Å². The molecule has 1 atom stereocenters. The summed E-state index contributed by atoms with van der Waals surface area (Å²) in [4.78, 5) is 16.3. The number of carbonyl (C=O) groups excluding carboxylic acids is 1. The first-order valence-corrected chi connectivity index (χ1v) is 6.45. The van der Waals surface area contributed by atoms with Gasteiger partial charge in [0.2, 0.25) is 5.91 Å². The molecule has 1 amide bonds. The van der Waals surface area contributed by atoms with Gasteiger partial charge in [-0.05, 0) is 35.0 Å². The quantitative estimate of drug-likeness (QED) is 0.838. The fraction of sp³-hybridized carbons (Fsp3) is 0.250. The van der Waals surface area contributed by atoms with Crippen molar-refractivity contribution in [3.05, 3.63) is 40.4 Å². The van der Waals surface area contributed by atoms with Crippen LogP contribution in [-0.4, -0.2) is 20.7 Å². The van der Waals surface area contributed by atoms with Gasteiger partial charge >= 0.3 is 0 Å². The van der Waals surface area contributed by atoms with Crippen LogP contribution in [-0.2, 0) is 11.8 Å². The Bertz CT molecular complexity index is 610. The van der Waals surface area contributed by atoms with E-state index in [0.29, 0.717) is 11.3 Å². The molecular weight excluding hydrogens is 310 g/mol. The van der Waals surface area contributed by atoms with Gasteiger partial charge in [-0.25, -0.2) is 4.98 Å². The molecule has 0 saturated carbocycles. The summed E-state index contributed by atoms with van der Waals surface area (Å²) in [5.41, 5.74) is 7.92. The number of hydrogen-bond donors (Lipinski definition) is 2. The van der Waals surface area contributed by atoms with E-state index in [4.69, 9.17) is 5.73 Å². The molecule has 2 heterocycles. The van der Waals surface area contributed by atoms with Crippen LogP contribution >= 0.6 is 15.9 Å². The molecular formula is C12H14BrN5O. The zero-order valence-electron chi connectivity index (χ0n) is 10.6. The fourth-order valence-corrected chi connectivity index (χ4v) is 2.02. The Morgan fingerprint density at radius 1 is 1.53 bits per heavy atom. The van der Waals surface area contributed by atoms with Crippen LogP contribution in [0.5, 0.6) is 0 Å². The van der Waals surface area contributed by atoms with Gasteiger partial charge in [-0.1, -0.05) is 0 Å². The molecule has 0 aliphatic heterocycles. The third kappa shape index (κ3) is 3.18. The number of pyridine rings is 1. The number of amides is 1. The molecule has 0 aliphatic rings. The Kier molecular flexibility index (Phi) is 3.96. The highest BCUT2D eigenvalue weighted by Crippen LogP contribution is 2.18. The monoisotopic (exact) mass is 323 g/mol. The van der Waals surface area contributed by atoms with Crippen molar-refractivity contribution in [1.82, 2.24) is 14.8 Å². The minimum absolute atomic E-state index is 0.291. The van der Waals surface area contributed by atoms with Crippen LogP contribution in [0.15, 0.2) is 29.1 Å². The third-order valence-electron chi connectivity index (χ3n) is 2.68. The van der Waals surface area contributed by atoms with Gasteiger partial charge in [0.1, 0.15) is 10.6 Å². The Labute approximate surface area is 119 Å². The van der Waals surface area contributed by atoms with Crippen molar-refractivity contribution < 1.29 is 4.79 Å². The zero-order valence-corrected chi connectivity index (χ0v) is 12.2. The predicted molar refractivity (Wildman–Crippen MR) is 75.4 cm³/mol. The van der Waals surface area contributed by atoms with Crippen LogP contribution < -0.4 is 11.1 Å². The van der Waals surface area contributed by atoms with Crippen LogP contribution in [0.2, 0.25) is 0 Å². The average molecular weight is 324 g/mol. The van der Waals surface area contributed by atoms with Gasteiger partial charge in [0, 0.05) is 18.8 Å². The van der Waals surface area contributed by atoms with Crippen LogP contribution in [0, 0.1) is 6.92 Å². The molecule has 0 aliphatic carbocycles. The minimum atomic E-state index is -0.753. The van der Waals surface area contributed by atoms with E-state index in [0.717, 1.165) is 10.3 Å². The van der Waals surface area contributed by atoms with Crippen LogP contribution in [0.25, 0.3) is 0 Å². The number of nitrogens with one attached hydrogen (secondary N) is 1. The van der Waals surface area contributed by atoms with Crippen molar-refractivity contribution in [2.75, 3.05) is 5.32 Å². The molecule has 0 spiro atoms. The van der Waals surface area contributed by atoms with E-state index >= 15 is 0 Å². The third-order valence-corrected chi connectivity index (χ3v) is 3.12. The van der Waals surface area contributed by atoms with Gasteiger partial charge in [0.05, 0.1) is 17.6 Å². The average Bonchev–Trinajstić information content (AvgIpc) is 2.78. The SMILES string of the molecule is Cc1nc(Br)ccc1NC(=O)C(N)c1cnn(C)c1. The Balaban J connectivity index is 2.12. The summed E-state index contributed by atoms with van der Waals surface area (Å²) in [6, 6.07) is 2.79. The number of hydrogen-bond acceptors (Lipinski definition) is 4. The van der Waals surface area contributed by atoms with E-state index in [1.165, 1.54) is 0 Å². The summed E-state index contributed by atoms with van der Waals surface area (Å²) in [6.45, 7) is 1.82. The van der Waals surface area contributed by atoms with E-state index in [1.807, 2.05) is 6.92 Å². The second-order valence-corrected chi connectivity index (χ2v) is 4.99. The number of aryl methyl sites for hydroxylation is 2. The lowest BCUT2D eigenvalue weighted by Gasteiger charge is -2.12. The fourth-order valence-electron chi connectivity index (χ4n) is 1.63. The highest BCUT2D eigenvalue weighted by Gasteiger charge is 2.18. The molecule has 3 N–H and O–H groups in total. The Hall–Kier alpha value is -1.73. The molecule has 7 heteroatoms.